The summed E-state index contributed by atoms with van der Waals surface area (Å²) in [5, 5.41) is 6.93. The normalized spacial score (nSPS) is 12.5. The number of nitrogens with two attached hydrogens (primary N) is 1. The average molecular weight is 253 g/mol. The Balaban J connectivity index is 2.02. The van der Waals surface area contributed by atoms with Gasteiger partial charge in [-0.3, -0.25) is 10.1 Å². The molecule has 1 amide bonds. The summed E-state index contributed by atoms with van der Waals surface area (Å²) in [4.78, 5) is 16.5. The minimum atomic E-state index is -0.506. The fourth-order valence-electron chi connectivity index (χ4n) is 1.33. The maximum absolute atomic E-state index is 11.3. The van der Waals surface area contributed by atoms with E-state index in [0.717, 1.165) is 0 Å². The molecule has 6 heteroatoms. The van der Waals surface area contributed by atoms with Crippen molar-refractivity contribution >= 4 is 28.6 Å². The molecule has 4 nitrogen and oxygen atoms in total. The van der Waals surface area contributed by atoms with E-state index in [4.69, 9.17) is 5.73 Å². The summed E-state index contributed by atoms with van der Waals surface area (Å²) < 4.78 is 0. The Morgan fingerprint density at radius 3 is 3.06 bits per heavy atom. The van der Waals surface area contributed by atoms with Crippen molar-refractivity contribution in [3.8, 4) is 0 Å². The molecule has 2 heterocycles. The number of thiophene rings is 1. The number of carbonyl (C=O) groups is 1. The molecule has 0 radical (unpaired) electrons. The average Bonchev–Trinajstić information content (AvgIpc) is 2.88. The maximum atomic E-state index is 11.3. The van der Waals surface area contributed by atoms with E-state index in [1.807, 2.05) is 22.9 Å². The molecule has 0 bridgehead atoms. The lowest BCUT2D eigenvalue weighted by molar-refractivity contribution is -0.120. The van der Waals surface area contributed by atoms with E-state index in [2.05, 4.69) is 10.3 Å². The first-order valence-electron chi connectivity index (χ1n) is 4.70. The number of thiazole rings is 1. The lowest BCUT2D eigenvalue weighted by Crippen LogP contribution is -2.33. The Kier molecular flexibility index (Phi) is 3.66. The SMILES string of the molecule is NC(=O)C(NCc1cccs1)c1cscn1. The highest BCUT2D eigenvalue weighted by Gasteiger charge is 2.18. The molecule has 1 atom stereocenters. The van der Waals surface area contributed by atoms with Crippen molar-refractivity contribution in [3.05, 3.63) is 39.0 Å². The molecule has 0 fully saturated rings. The van der Waals surface area contributed by atoms with Gasteiger partial charge in [0.2, 0.25) is 5.91 Å². The van der Waals surface area contributed by atoms with Crippen LogP contribution in [0.5, 0.6) is 0 Å². The second-order valence-electron chi connectivity index (χ2n) is 3.21. The zero-order valence-electron chi connectivity index (χ0n) is 8.42. The lowest BCUT2D eigenvalue weighted by atomic mass is 10.2. The van der Waals surface area contributed by atoms with Crippen LogP contribution in [0.3, 0.4) is 0 Å². The van der Waals surface area contributed by atoms with Crippen molar-refractivity contribution in [1.29, 1.82) is 0 Å². The Hall–Kier alpha value is -1.24. The quantitative estimate of drug-likeness (QED) is 0.849. The van der Waals surface area contributed by atoms with Crippen LogP contribution < -0.4 is 11.1 Å². The maximum Gasteiger partial charge on any atom is 0.240 e. The van der Waals surface area contributed by atoms with Crippen molar-refractivity contribution < 1.29 is 4.79 Å². The van der Waals surface area contributed by atoms with Gasteiger partial charge in [0.05, 0.1) is 11.2 Å². The topological polar surface area (TPSA) is 68.0 Å². The summed E-state index contributed by atoms with van der Waals surface area (Å²) in [5.74, 6) is -0.401. The van der Waals surface area contributed by atoms with Crippen LogP contribution in [0, 0.1) is 0 Å². The third-order valence-electron chi connectivity index (χ3n) is 2.09. The number of primary amides is 1. The molecule has 2 rings (SSSR count). The summed E-state index contributed by atoms with van der Waals surface area (Å²) in [7, 11) is 0. The smallest absolute Gasteiger partial charge is 0.240 e. The van der Waals surface area contributed by atoms with Crippen molar-refractivity contribution in [2.75, 3.05) is 0 Å². The zero-order chi connectivity index (χ0) is 11.4. The Bertz CT molecular complexity index is 439. The van der Waals surface area contributed by atoms with Crippen molar-refractivity contribution in [2.24, 2.45) is 5.73 Å². The van der Waals surface area contributed by atoms with E-state index in [9.17, 15) is 4.79 Å². The van der Waals surface area contributed by atoms with Crippen LogP contribution in [0.25, 0.3) is 0 Å². The summed E-state index contributed by atoms with van der Waals surface area (Å²) in [6, 6.07) is 3.48. The van der Waals surface area contributed by atoms with Gasteiger partial charge in [-0.2, -0.15) is 0 Å². The first-order valence-corrected chi connectivity index (χ1v) is 6.53. The van der Waals surface area contributed by atoms with Gasteiger partial charge in [0.15, 0.2) is 0 Å². The molecule has 2 aromatic rings. The van der Waals surface area contributed by atoms with Crippen LogP contribution in [0.4, 0.5) is 0 Å². The number of nitrogens with zero attached hydrogens (tertiary/aromatic N) is 1. The second kappa shape index (κ2) is 5.20. The number of hydrogen-bond donors (Lipinski definition) is 2. The van der Waals surface area contributed by atoms with Crippen LogP contribution in [0.15, 0.2) is 28.4 Å². The van der Waals surface area contributed by atoms with Gasteiger partial charge >= 0.3 is 0 Å². The molecule has 0 saturated heterocycles. The van der Waals surface area contributed by atoms with E-state index < -0.39 is 11.9 Å². The van der Waals surface area contributed by atoms with E-state index in [0.29, 0.717) is 12.2 Å². The standard InChI is InChI=1S/C10H11N3OS2/c11-10(14)9(8-5-15-6-13-8)12-4-7-2-1-3-16-7/h1-3,5-6,9,12H,4H2,(H2,11,14). The van der Waals surface area contributed by atoms with Gasteiger partial charge in [0.1, 0.15) is 6.04 Å². The number of rotatable bonds is 5. The highest BCUT2D eigenvalue weighted by Crippen LogP contribution is 2.15. The lowest BCUT2D eigenvalue weighted by Gasteiger charge is -2.12. The highest BCUT2D eigenvalue weighted by molar-refractivity contribution is 7.09. The molecular weight excluding hydrogens is 242 g/mol. The van der Waals surface area contributed by atoms with Crippen LogP contribution in [-0.2, 0) is 11.3 Å². The monoisotopic (exact) mass is 253 g/mol. The molecule has 0 saturated carbocycles. The number of nitrogens with one attached hydrogen (secondary N) is 1. The first-order chi connectivity index (χ1) is 7.77. The van der Waals surface area contributed by atoms with Crippen molar-refractivity contribution in [3.63, 3.8) is 0 Å². The van der Waals surface area contributed by atoms with Gasteiger partial charge in [0.25, 0.3) is 0 Å². The molecule has 0 aliphatic rings. The summed E-state index contributed by atoms with van der Waals surface area (Å²) >= 11 is 3.09. The molecule has 16 heavy (non-hydrogen) atoms. The van der Waals surface area contributed by atoms with Crippen LogP contribution >= 0.6 is 22.7 Å². The van der Waals surface area contributed by atoms with Crippen molar-refractivity contribution in [2.45, 2.75) is 12.6 Å². The number of aromatic nitrogens is 1. The molecule has 84 valence electrons. The van der Waals surface area contributed by atoms with Gasteiger partial charge in [-0.15, -0.1) is 22.7 Å². The molecule has 0 aliphatic heterocycles. The van der Waals surface area contributed by atoms with Crippen LogP contribution in [0.1, 0.15) is 16.6 Å². The van der Waals surface area contributed by atoms with Gasteiger partial charge < -0.3 is 5.73 Å². The van der Waals surface area contributed by atoms with Gasteiger partial charge in [-0.1, -0.05) is 6.07 Å². The number of amides is 1. The molecule has 0 spiro atoms. The Labute approximate surface area is 101 Å². The zero-order valence-corrected chi connectivity index (χ0v) is 10.1. The third kappa shape index (κ3) is 2.66. The molecule has 0 aliphatic carbocycles. The van der Waals surface area contributed by atoms with E-state index in [-0.39, 0.29) is 0 Å². The summed E-state index contributed by atoms with van der Waals surface area (Å²) in [6.07, 6.45) is 0. The van der Waals surface area contributed by atoms with Gasteiger partial charge in [-0.25, -0.2) is 4.98 Å². The van der Waals surface area contributed by atoms with E-state index >= 15 is 0 Å². The molecule has 0 aromatic carbocycles. The predicted molar refractivity (Wildman–Crippen MR) is 65.2 cm³/mol. The minimum Gasteiger partial charge on any atom is -0.368 e. The van der Waals surface area contributed by atoms with Gasteiger partial charge in [0, 0.05) is 16.8 Å². The Morgan fingerprint density at radius 2 is 2.50 bits per heavy atom. The number of hydrogen-bond acceptors (Lipinski definition) is 5. The van der Waals surface area contributed by atoms with E-state index in [1.54, 1.807) is 16.8 Å². The fourth-order valence-corrected chi connectivity index (χ4v) is 2.57. The molecule has 3 N–H and O–H groups in total. The van der Waals surface area contributed by atoms with Crippen LogP contribution in [-0.4, -0.2) is 10.9 Å². The molecular formula is C10H11N3OS2. The number of carbonyl (C=O) groups excluding carboxylic acids is 1. The molecule has 2 aromatic heterocycles. The van der Waals surface area contributed by atoms with E-state index in [1.165, 1.54) is 16.2 Å². The third-order valence-corrected chi connectivity index (χ3v) is 3.57. The minimum absolute atomic E-state index is 0.401. The molecule has 1 unspecified atom stereocenters. The highest BCUT2D eigenvalue weighted by atomic mass is 32.1. The van der Waals surface area contributed by atoms with Gasteiger partial charge in [-0.05, 0) is 11.4 Å². The van der Waals surface area contributed by atoms with Crippen molar-refractivity contribution in [1.82, 2.24) is 10.3 Å². The summed E-state index contributed by atoms with van der Waals surface area (Å²) in [6.45, 7) is 0.628. The second-order valence-corrected chi connectivity index (χ2v) is 4.96. The Morgan fingerprint density at radius 1 is 1.62 bits per heavy atom. The van der Waals surface area contributed by atoms with Crippen LogP contribution in [0.2, 0.25) is 0 Å². The largest absolute Gasteiger partial charge is 0.368 e. The first kappa shape index (κ1) is 11.3. The predicted octanol–water partition coefficient (Wildman–Crippen LogP) is 1.52. The summed E-state index contributed by atoms with van der Waals surface area (Å²) in [5.41, 5.74) is 7.72. The fraction of sp³-hybridized carbons (Fsp3) is 0.200.